The van der Waals surface area contributed by atoms with Gasteiger partial charge in [0.05, 0.1) is 5.75 Å². The van der Waals surface area contributed by atoms with Gasteiger partial charge in [0.2, 0.25) is 0 Å². The predicted octanol–water partition coefficient (Wildman–Crippen LogP) is 5.22. The summed E-state index contributed by atoms with van der Waals surface area (Å²) in [6.45, 7) is 4.03. The Hall–Kier alpha value is -2.66. The van der Waals surface area contributed by atoms with Crippen molar-refractivity contribution in [3.8, 4) is 0 Å². The van der Waals surface area contributed by atoms with E-state index < -0.39 is 0 Å². The molecule has 4 aromatic rings. The zero-order valence-electron chi connectivity index (χ0n) is 14.7. The van der Waals surface area contributed by atoms with Gasteiger partial charge in [-0.2, -0.15) is 0 Å². The molecule has 130 valence electrons. The van der Waals surface area contributed by atoms with Crippen LogP contribution in [-0.2, 0) is 6.42 Å². The SMILES string of the molecule is CCc1nc(SCC(=O)c2ccc(C)cc2)c2oc3ccccc3c2n1. The molecule has 0 radical (unpaired) electrons. The van der Waals surface area contributed by atoms with Gasteiger partial charge in [-0.3, -0.25) is 4.79 Å². The molecule has 26 heavy (non-hydrogen) atoms. The molecule has 0 spiro atoms. The highest BCUT2D eigenvalue weighted by atomic mass is 32.2. The first-order chi connectivity index (χ1) is 12.7. The van der Waals surface area contributed by atoms with Crippen molar-refractivity contribution >= 4 is 39.6 Å². The summed E-state index contributed by atoms with van der Waals surface area (Å²) in [4.78, 5) is 21.7. The van der Waals surface area contributed by atoms with E-state index in [4.69, 9.17) is 4.42 Å². The van der Waals surface area contributed by atoms with Gasteiger partial charge in [-0.05, 0) is 19.1 Å². The maximum absolute atomic E-state index is 12.5. The molecule has 0 amide bonds. The van der Waals surface area contributed by atoms with Crippen LogP contribution in [0.25, 0.3) is 22.1 Å². The van der Waals surface area contributed by atoms with Gasteiger partial charge in [0.15, 0.2) is 11.4 Å². The Morgan fingerprint density at radius 1 is 1.08 bits per heavy atom. The Labute approximate surface area is 155 Å². The predicted molar refractivity (Wildman–Crippen MR) is 105 cm³/mol. The molecular weight excluding hydrogens is 344 g/mol. The first-order valence-electron chi connectivity index (χ1n) is 8.56. The van der Waals surface area contributed by atoms with Crippen molar-refractivity contribution in [1.29, 1.82) is 0 Å². The molecule has 4 rings (SSSR count). The minimum atomic E-state index is 0.0796. The third-order valence-electron chi connectivity index (χ3n) is 4.26. The molecule has 0 atom stereocenters. The van der Waals surface area contributed by atoms with Crippen LogP contribution in [-0.4, -0.2) is 21.5 Å². The van der Waals surface area contributed by atoms with Crippen molar-refractivity contribution in [2.24, 2.45) is 0 Å². The number of carbonyl (C=O) groups excluding carboxylic acids is 1. The van der Waals surface area contributed by atoms with E-state index in [2.05, 4.69) is 9.97 Å². The quantitative estimate of drug-likeness (QED) is 0.277. The number of aromatic nitrogens is 2. The van der Waals surface area contributed by atoms with Gasteiger partial charge in [0, 0.05) is 17.4 Å². The standard InChI is InChI=1S/C21H18N2O2S/c1-3-18-22-19-15-6-4-5-7-17(15)25-20(19)21(23-18)26-12-16(24)14-10-8-13(2)9-11-14/h4-11H,3,12H2,1-2H3. The second-order valence-corrected chi connectivity index (χ2v) is 7.12. The van der Waals surface area contributed by atoms with Crippen LogP contribution in [0.2, 0.25) is 0 Å². The minimum Gasteiger partial charge on any atom is -0.451 e. The molecule has 0 aliphatic rings. The van der Waals surface area contributed by atoms with Crippen LogP contribution in [0.4, 0.5) is 0 Å². The van der Waals surface area contributed by atoms with Gasteiger partial charge in [-0.1, -0.05) is 60.6 Å². The zero-order chi connectivity index (χ0) is 18.1. The number of Topliss-reactive ketones (excluding diaryl/α,β-unsaturated/α-hetero) is 1. The van der Waals surface area contributed by atoms with E-state index in [1.165, 1.54) is 11.8 Å². The molecule has 0 saturated carbocycles. The molecule has 0 unspecified atom stereocenters. The molecule has 0 fully saturated rings. The molecule has 2 heterocycles. The molecule has 0 bridgehead atoms. The van der Waals surface area contributed by atoms with E-state index in [1.54, 1.807) is 0 Å². The number of hydrogen-bond acceptors (Lipinski definition) is 5. The second-order valence-electron chi connectivity index (χ2n) is 6.15. The fraction of sp³-hybridized carbons (Fsp3) is 0.190. The van der Waals surface area contributed by atoms with Crippen molar-refractivity contribution in [1.82, 2.24) is 9.97 Å². The van der Waals surface area contributed by atoms with Gasteiger partial charge in [0.25, 0.3) is 0 Å². The average Bonchev–Trinajstić information content (AvgIpc) is 3.05. The Balaban J connectivity index is 1.69. The molecule has 0 aliphatic heterocycles. The lowest BCUT2D eigenvalue weighted by molar-refractivity contribution is 0.102. The van der Waals surface area contributed by atoms with Crippen molar-refractivity contribution < 1.29 is 9.21 Å². The van der Waals surface area contributed by atoms with E-state index >= 15 is 0 Å². The number of carbonyl (C=O) groups is 1. The van der Waals surface area contributed by atoms with Crippen molar-refractivity contribution in [3.05, 3.63) is 65.5 Å². The van der Waals surface area contributed by atoms with Crippen LogP contribution >= 0.6 is 11.8 Å². The highest BCUT2D eigenvalue weighted by molar-refractivity contribution is 8.00. The average molecular weight is 362 g/mol. The topological polar surface area (TPSA) is 56.0 Å². The van der Waals surface area contributed by atoms with Crippen LogP contribution in [0.3, 0.4) is 0 Å². The molecule has 0 aliphatic carbocycles. The minimum absolute atomic E-state index is 0.0796. The van der Waals surface area contributed by atoms with Gasteiger partial charge in [0.1, 0.15) is 22.0 Å². The number of fused-ring (bicyclic) bond motifs is 3. The third kappa shape index (κ3) is 3.10. The summed E-state index contributed by atoms with van der Waals surface area (Å²) in [5.41, 5.74) is 4.12. The van der Waals surface area contributed by atoms with Crippen LogP contribution in [0.5, 0.6) is 0 Å². The van der Waals surface area contributed by atoms with E-state index in [-0.39, 0.29) is 5.78 Å². The van der Waals surface area contributed by atoms with Crippen LogP contribution in [0.15, 0.2) is 58.0 Å². The van der Waals surface area contributed by atoms with Gasteiger partial charge < -0.3 is 4.42 Å². The summed E-state index contributed by atoms with van der Waals surface area (Å²) in [6.07, 6.45) is 0.731. The lowest BCUT2D eigenvalue weighted by Gasteiger charge is -2.04. The van der Waals surface area contributed by atoms with Crippen molar-refractivity contribution in [2.45, 2.75) is 25.3 Å². The molecule has 0 saturated heterocycles. The lowest BCUT2D eigenvalue weighted by atomic mass is 10.1. The number of aryl methyl sites for hydroxylation is 2. The maximum atomic E-state index is 12.5. The largest absolute Gasteiger partial charge is 0.451 e. The van der Waals surface area contributed by atoms with Crippen LogP contribution < -0.4 is 0 Å². The second kappa shape index (κ2) is 6.92. The van der Waals surface area contributed by atoms with Crippen LogP contribution in [0.1, 0.15) is 28.7 Å². The molecule has 0 N–H and O–H groups in total. The molecular formula is C21H18N2O2S. The van der Waals surface area contributed by atoms with Gasteiger partial charge in [-0.15, -0.1) is 0 Å². The van der Waals surface area contributed by atoms with Crippen molar-refractivity contribution in [3.63, 3.8) is 0 Å². The smallest absolute Gasteiger partial charge is 0.186 e. The van der Waals surface area contributed by atoms with E-state index in [9.17, 15) is 4.79 Å². The number of nitrogens with zero attached hydrogens (tertiary/aromatic N) is 2. The normalized spacial score (nSPS) is 11.3. The lowest BCUT2D eigenvalue weighted by Crippen LogP contribution is -2.03. The first-order valence-corrected chi connectivity index (χ1v) is 9.55. The summed E-state index contributed by atoms with van der Waals surface area (Å²) in [7, 11) is 0. The third-order valence-corrected chi connectivity index (χ3v) is 5.22. The molecule has 2 aromatic carbocycles. The van der Waals surface area contributed by atoms with E-state index in [0.717, 1.165) is 39.3 Å². The van der Waals surface area contributed by atoms with Crippen molar-refractivity contribution in [2.75, 3.05) is 5.75 Å². The number of hydrogen-bond donors (Lipinski definition) is 0. The number of para-hydroxylation sites is 1. The number of benzene rings is 2. The van der Waals surface area contributed by atoms with Gasteiger partial charge >= 0.3 is 0 Å². The number of rotatable bonds is 5. The van der Waals surface area contributed by atoms with E-state index in [0.29, 0.717) is 16.9 Å². The summed E-state index contributed by atoms with van der Waals surface area (Å²) in [6, 6.07) is 15.5. The fourth-order valence-electron chi connectivity index (χ4n) is 2.82. The molecule has 5 heteroatoms. The molecule has 2 aromatic heterocycles. The summed E-state index contributed by atoms with van der Waals surface area (Å²) in [5.74, 6) is 1.15. The Morgan fingerprint density at radius 2 is 1.85 bits per heavy atom. The Kier molecular flexibility index (Phi) is 4.47. The summed E-state index contributed by atoms with van der Waals surface area (Å²) in [5, 5.41) is 1.70. The van der Waals surface area contributed by atoms with Crippen LogP contribution in [0, 0.1) is 6.92 Å². The van der Waals surface area contributed by atoms with Gasteiger partial charge in [-0.25, -0.2) is 9.97 Å². The Morgan fingerprint density at radius 3 is 2.62 bits per heavy atom. The summed E-state index contributed by atoms with van der Waals surface area (Å²) >= 11 is 1.41. The monoisotopic (exact) mass is 362 g/mol. The maximum Gasteiger partial charge on any atom is 0.186 e. The Bertz CT molecular complexity index is 1100. The number of ketones is 1. The number of furan rings is 1. The fourth-order valence-corrected chi connectivity index (χ4v) is 3.70. The highest BCUT2D eigenvalue weighted by Crippen LogP contribution is 2.33. The first kappa shape index (κ1) is 16.8. The van der Waals surface area contributed by atoms with E-state index in [1.807, 2.05) is 62.4 Å². The number of thioether (sulfide) groups is 1. The zero-order valence-corrected chi connectivity index (χ0v) is 15.5. The highest BCUT2D eigenvalue weighted by Gasteiger charge is 2.17. The summed E-state index contributed by atoms with van der Waals surface area (Å²) < 4.78 is 5.98. The molecule has 4 nitrogen and oxygen atoms in total.